The molecule has 2 heterocycles. The molecule has 1 atom stereocenters. The lowest BCUT2D eigenvalue weighted by molar-refractivity contribution is 0.176. The van der Waals surface area contributed by atoms with E-state index in [9.17, 15) is 4.79 Å². The molecule has 0 bridgehead atoms. The number of likely N-dealkylation sites (tertiary alicyclic amines) is 1. The van der Waals surface area contributed by atoms with Gasteiger partial charge in [-0.1, -0.05) is 18.2 Å². The topological polar surface area (TPSA) is 78.2 Å². The van der Waals surface area contributed by atoms with Gasteiger partial charge in [0.05, 0.1) is 11.7 Å². The second-order valence-corrected chi connectivity index (χ2v) is 6.40. The van der Waals surface area contributed by atoms with Gasteiger partial charge in [-0.05, 0) is 43.4 Å². The van der Waals surface area contributed by atoms with E-state index in [4.69, 9.17) is 10.00 Å². The predicted molar refractivity (Wildman–Crippen MR) is 92.2 cm³/mol. The second-order valence-electron chi connectivity index (χ2n) is 5.63. The van der Waals surface area contributed by atoms with E-state index in [1.807, 2.05) is 30.3 Å². The third kappa shape index (κ3) is 3.49. The largest absolute Gasteiger partial charge is 0.491 e. The maximum atomic E-state index is 12.5. The molecule has 2 amide bonds. The lowest BCUT2D eigenvalue weighted by Crippen LogP contribution is -2.41. The standard InChI is InChI=1S/C17H18N4O2S/c1-12-15(10-18)16(24-20-12)19-17(22)21-9-5-6-13(21)11-23-14-7-3-2-4-8-14/h2-4,7-8,13H,5-6,9,11H2,1H3,(H,19,22)/t13-/m0/s1. The number of aryl methyl sites for hydroxylation is 1. The summed E-state index contributed by atoms with van der Waals surface area (Å²) in [5.74, 6) is 0.801. The van der Waals surface area contributed by atoms with E-state index < -0.39 is 0 Å². The van der Waals surface area contributed by atoms with Crippen molar-refractivity contribution < 1.29 is 9.53 Å². The molecule has 3 rings (SSSR count). The van der Waals surface area contributed by atoms with Gasteiger partial charge in [0.25, 0.3) is 0 Å². The molecule has 0 saturated carbocycles. The number of nitrogens with zero attached hydrogens (tertiary/aromatic N) is 3. The number of nitriles is 1. The Labute approximate surface area is 144 Å². The van der Waals surface area contributed by atoms with Crippen LogP contribution in [0, 0.1) is 18.3 Å². The van der Waals surface area contributed by atoms with Gasteiger partial charge in [-0.25, -0.2) is 4.79 Å². The first-order chi connectivity index (χ1) is 11.7. The number of para-hydroxylation sites is 1. The molecule has 0 aliphatic carbocycles. The Morgan fingerprint density at radius 2 is 2.29 bits per heavy atom. The number of benzene rings is 1. The molecule has 6 nitrogen and oxygen atoms in total. The van der Waals surface area contributed by atoms with Crippen molar-refractivity contribution >= 4 is 22.6 Å². The van der Waals surface area contributed by atoms with Gasteiger partial charge in [-0.3, -0.25) is 5.32 Å². The summed E-state index contributed by atoms with van der Waals surface area (Å²) < 4.78 is 9.91. The van der Waals surface area contributed by atoms with E-state index in [0.717, 1.165) is 30.1 Å². The van der Waals surface area contributed by atoms with Gasteiger partial charge in [0.2, 0.25) is 0 Å². The minimum Gasteiger partial charge on any atom is -0.491 e. The smallest absolute Gasteiger partial charge is 0.322 e. The Hall–Kier alpha value is -2.59. The summed E-state index contributed by atoms with van der Waals surface area (Å²) in [5.41, 5.74) is 1.08. The monoisotopic (exact) mass is 342 g/mol. The molecule has 1 fully saturated rings. The third-order valence-corrected chi connectivity index (χ3v) is 4.87. The Morgan fingerprint density at radius 3 is 3.04 bits per heavy atom. The first-order valence-corrected chi connectivity index (χ1v) is 8.58. The molecule has 24 heavy (non-hydrogen) atoms. The first-order valence-electron chi connectivity index (χ1n) is 7.81. The van der Waals surface area contributed by atoms with Crippen LogP contribution in [-0.4, -0.2) is 34.5 Å². The molecule has 2 aromatic rings. The van der Waals surface area contributed by atoms with Crippen molar-refractivity contribution in [3.8, 4) is 11.8 Å². The number of carbonyl (C=O) groups is 1. The number of hydrogen-bond donors (Lipinski definition) is 1. The highest BCUT2D eigenvalue weighted by Crippen LogP contribution is 2.26. The SMILES string of the molecule is Cc1nsc(NC(=O)N2CCC[C@H]2COc2ccccc2)c1C#N. The van der Waals surface area contributed by atoms with Crippen molar-refractivity contribution in [2.75, 3.05) is 18.5 Å². The van der Waals surface area contributed by atoms with Gasteiger partial charge in [0.15, 0.2) is 0 Å². The van der Waals surface area contributed by atoms with Gasteiger partial charge in [0, 0.05) is 6.54 Å². The number of nitrogens with one attached hydrogen (secondary N) is 1. The van der Waals surface area contributed by atoms with E-state index in [0.29, 0.717) is 29.4 Å². The molecule has 124 valence electrons. The summed E-state index contributed by atoms with van der Waals surface area (Å²) in [6.07, 6.45) is 1.86. The van der Waals surface area contributed by atoms with Crippen LogP contribution in [0.1, 0.15) is 24.1 Å². The normalized spacial score (nSPS) is 16.7. The van der Waals surface area contributed by atoms with Gasteiger partial charge in [0.1, 0.15) is 29.0 Å². The molecule has 0 unspecified atom stereocenters. The first kappa shape index (κ1) is 16.3. The Morgan fingerprint density at radius 1 is 1.50 bits per heavy atom. The minimum atomic E-state index is -0.200. The zero-order valence-electron chi connectivity index (χ0n) is 13.4. The molecule has 1 N–H and O–H groups in total. The van der Waals surface area contributed by atoms with Crippen LogP contribution in [0.4, 0.5) is 9.80 Å². The van der Waals surface area contributed by atoms with Gasteiger partial charge < -0.3 is 9.64 Å². The van der Waals surface area contributed by atoms with Crippen molar-refractivity contribution in [3.05, 3.63) is 41.6 Å². The number of anilines is 1. The number of urea groups is 1. The van der Waals surface area contributed by atoms with Crippen LogP contribution in [0.25, 0.3) is 0 Å². The summed E-state index contributed by atoms with van der Waals surface area (Å²) in [5, 5.41) is 12.5. The highest BCUT2D eigenvalue weighted by molar-refractivity contribution is 7.10. The molecule has 1 aromatic heterocycles. The fourth-order valence-corrected chi connectivity index (χ4v) is 3.48. The number of rotatable bonds is 4. The molecule has 1 saturated heterocycles. The van der Waals surface area contributed by atoms with Crippen LogP contribution in [0.3, 0.4) is 0 Å². The number of amides is 2. The van der Waals surface area contributed by atoms with Crippen molar-refractivity contribution in [3.63, 3.8) is 0 Å². The van der Waals surface area contributed by atoms with Gasteiger partial charge in [-0.15, -0.1) is 0 Å². The van der Waals surface area contributed by atoms with Crippen LogP contribution in [0.5, 0.6) is 5.75 Å². The molecule has 1 aliphatic heterocycles. The van der Waals surface area contributed by atoms with E-state index in [-0.39, 0.29) is 12.1 Å². The fraction of sp³-hybridized carbons (Fsp3) is 0.353. The molecule has 1 aliphatic rings. The zero-order valence-corrected chi connectivity index (χ0v) is 14.2. The highest BCUT2D eigenvalue weighted by Gasteiger charge is 2.30. The Kier molecular flexibility index (Phi) is 4.96. The average Bonchev–Trinajstić information content (AvgIpc) is 3.20. The molecular formula is C17H18N4O2S. The number of ether oxygens (including phenoxy) is 1. The molecule has 0 radical (unpaired) electrons. The average molecular weight is 342 g/mol. The van der Waals surface area contributed by atoms with Crippen LogP contribution in [0.15, 0.2) is 30.3 Å². The quantitative estimate of drug-likeness (QED) is 0.924. The maximum absolute atomic E-state index is 12.5. The number of hydrogen-bond acceptors (Lipinski definition) is 5. The van der Waals surface area contributed by atoms with Gasteiger partial charge >= 0.3 is 6.03 Å². The van der Waals surface area contributed by atoms with Crippen molar-refractivity contribution in [1.82, 2.24) is 9.27 Å². The van der Waals surface area contributed by atoms with Crippen molar-refractivity contribution in [2.45, 2.75) is 25.8 Å². The summed E-state index contributed by atoms with van der Waals surface area (Å²) in [6, 6.07) is 11.5. The van der Waals surface area contributed by atoms with Crippen LogP contribution >= 0.6 is 11.5 Å². The Bertz CT molecular complexity index is 754. The highest BCUT2D eigenvalue weighted by atomic mass is 32.1. The zero-order chi connectivity index (χ0) is 16.9. The lowest BCUT2D eigenvalue weighted by Gasteiger charge is -2.24. The van der Waals surface area contributed by atoms with E-state index in [2.05, 4.69) is 15.8 Å². The van der Waals surface area contributed by atoms with Crippen molar-refractivity contribution in [1.29, 1.82) is 5.26 Å². The summed E-state index contributed by atoms with van der Waals surface area (Å²) in [4.78, 5) is 14.3. The fourth-order valence-electron chi connectivity index (χ4n) is 2.74. The molecule has 0 spiro atoms. The molecule has 7 heteroatoms. The van der Waals surface area contributed by atoms with Gasteiger partial charge in [-0.2, -0.15) is 9.64 Å². The second kappa shape index (κ2) is 7.32. The van der Waals surface area contributed by atoms with E-state index in [1.54, 1.807) is 11.8 Å². The Balaban J connectivity index is 1.62. The van der Waals surface area contributed by atoms with Crippen molar-refractivity contribution in [2.24, 2.45) is 0 Å². The predicted octanol–water partition coefficient (Wildman–Crippen LogP) is 3.40. The van der Waals surface area contributed by atoms with E-state index >= 15 is 0 Å². The summed E-state index contributed by atoms with van der Waals surface area (Å²) >= 11 is 1.14. The maximum Gasteiger partial charge on any atom is 0.322 e. The van der Waals surface area contributed by atoms with Crippen LogP contribution in [-0.2, 0) is 0 Å². The number of aromatic nitrogens is 1. The summed E-state index contributed by atoms with van der Waals surface area (Å²) in [6.45, 7) is 2.91. The third-order valence-electron chi connectivity index (χ3n) is 4.02. The number of carbonyl (C=O) groups excluding carboxylic acids is 1. The molecular weight excluding hydrogens is 324 g/mol. The van der Waals surface area contributed by atoms with Crippen LogP contribution in [0.2, 0.25) is 0 Å². The minimum absolute atomic E-state index is 0.0322. The van der Waals surface area contributed by atoms with E-state index in [1.165, 1.54) is 0 Å². The molecule has 1 aromatic carbocycles. The van der Waals surface area contributed by atoms with Crippen LogP contribution < -0.4 is 10.1 Å². The lowest BCUT2D eigenvalue weighted by atomic mass is 10.2. The summed E-state index contributed by atoms with van der Waals surface area (Å²) in [7, 11) is 0.